The molecule has 0 aromatic heterocycles. The lowest BCUT2D eigenvalue weighted by Crippen LogP contribution is -2.42. The summed E-state index contributed by atoms with van der Waals surface area (Å²) in [6.07, 6.45) is 4.29. The Kier molecular flexibility index (Phi) is 5.30. The molecular formula is C16H24ClNO2. The Balaban J connectivity index is 2.04. The van der Waals surface area contributed by atoms with Crippen molar-refractivity contribution < 1.29 is 9.84 Å². The predicted octanol–water partition coefficient (Wildman–Crippen LogP) is 3.17. The summed E-state index contributed by atoms with van der Waals surface area (Å²) < 4.78 is 5.36. The molecule has 2 N–H and O–H groups in total. The summed E-state index contributed by atoms with van der Waals surface area (Å²) in [5.74, 6) is 0.802. The Bertz CT molecular complexity index is 442. The highest BCUT2D eigenvalue weighted by Gasteiger charge is 2.33. The molecule has 0 bridgehead atoms. The molecule has 1 fully saturated rings. The third-order valence-electron chi connectivity index (χ3n) is 4.17. The zero-order chi connectivity index (χ0) is 14.6. The van der Waals surface area contributed by atoms with Crippen molar-refractivity contribution in [2.24, 2.45) is 0 Å². The SMILES string of the molecule is CCNC1CCC(O)(Cc2cc(Cl)ccc2OC)CC1. The minimum Gasteiger partial charge on any atom is -0.496 e. The van der Waals surface area contributed by atoms with E-state index in [2.05, 4.69) is 12.2 Å². The normalized spacial score (nSPS) is 26.5. The van der Waals surface area contributed by atoms with Gasteiger partial charge in [-0.2, -0.15) is 0 Å². The third-order valence-corrected chi connectivity index (χ3v) is 4.41. The van der Waals surface area contributed by atoms with Crippen LogP contribution in [0.4, 0.5) is 0 Å². The molecule has 1 saturated carbocycles. The van der Waals surface area contributed by atoms with Crippen molar-refractivity contribution in [1.29, 1.82) is 0 Å². The average molecular weight is 298 g/mol. The van der Waals surface area contributed by atoms with E-state index in [4.69, 9.17) is 16.3 Å². The van der Waals surface area contributed by atoms with Crippen LogP contribution in [0.25, 0.3) is 0 Å². The van der Waals surface area contributed by atoms with Gasteiger partial charge in [-0.3, -0.25) is 0 Å². The van der Waals surface area contributed by atoms with Crippen molar-refractivity contribution >= 4 is 11.6 Å². The monoisotopic (exact) mass is 297 g/mol. The zero-order valence-corrected chi connectivity index (χ0v) is 13.0. The summed E-state index contributed by atoms with van der Waals surface area (Å²) in [6.45, 7) is 3.11. The Labute approximate surface area is 126 Å². The van der Waals surface area contributed by atoms with Crippen molar-refractivity contribution in [3.05, 3.63) is 28.8 Å². The van der Waals surface area contributed by atoms with Gasteiger partial charge in [0.1, 0.15) is 5.75 Å². The van der Waals surface area contributed by atoms with Gasteiger partial charge in [0.2, 0.25) is 0 Å². The minimum absolute atomic E-state index is 0.543. The maximum Gasteiger partial charge on any atom is 0.122 e. The first-order valence-electron chi connectivity index (χ1n) is 7.34. The summed E-state index contributed by atoms with van der Waals surface area (Å²) in [5, 5.41) is 14.9. The van der Waals surface area contributed by atoms with E-state index in [-0.39, 0.29) is 0 Å². The molecule has 3 nitrogen and oxygen atoms in total. The smallest absolute Gasteiger partial charge is 0.122 e. The Morgan fingerprint density at radius 2 is 2.10 bits per heavy atom. The average Bonchev–Trinajstić information content (AvgIpc) is 2.42. The van der Waals surface area contributed by atoms with Crippen LogP contribution in [0, 0.1) is 0 Å². The number of methoxy groups -OCH3 is 1. The van der Waals surface area contributed by atoms with Crippen LogP contribution in [0.5, 0.6) is 5.75 Å². The quantitative estimate of drug-likeness (QED) is 0.877. The number of hydrogen-bond acceptors (Lipinski definition) is 3. The zero-order valence-electron chi connectivity index (χ0n) is 12.3. The molecule has 0 atom stereocenters. The molecule has 0 amide bonds. The molecule has 0 aliphatic heterocycles. The summed E-state index contributed by atoms with van der Waals surface area (Å²) in [5.41, 5.74) is 0.355. The number of nitrogens with one attached hydrogen (secondary N) is 1. The molecule has 1 aromatic rings. The lowest BCUT2D eigenvalue weighted by Gasteiger charge is -2.36. The van der Waals surface area contributed by atoms with Crippen LogP contribution >= 0.6 is 11.6 Å². The topological polar surface area (TPSA) is 41.5 Å². The van der Waals surface area contributed by atoms with Crippen molar-refractivity contribution in [1.82, 2.24) is 5.32 Å². The molecule has 1 aliphatic carbocycles. The van der Waals surface area contributed by atoms with Crippen LogP contribution < -0.4 is 10.1 Å². The highest BCUT2D eigenvalue weighted by molar-refractivity contribution is 6.30. The molecular weight excluding hydrogens is 274 g/mol. The fraction of sp³-hybridized carbons (Fsp3) is 0.625. The molecule has 1 aliphatic rings. The lowest BCUT2D eigenvalue weighted by molar-refractivity contribution is -0.00335. The number of rotatable bonds is 5. The van der Waals surface area contributed by atoms with Gasteiger partial charge < -0.3 is 15.2 Å². The van der Waals surface area contributed by atoms with Crippen LogP contribution in [-0.4, -0.2) is 30.4 Å². The highest BCUT2D eigenvalue weighted by Crippen LogP contribution is 2.34. The number of benzene rings is 1. The summed E-state index contributed by atoms with van der Waals surface area (Å²) in [4.78, 5) is 0. The van der Waals surface area contributed by atoms with E-state index in [9.17, 15) is 5.11 Å². The minimum atomic E-state index is -0.635. The summed E-state index contributed by atoms with van der Waals surface area (Å²) in [7, 11) is 1.65. The van der Waals surface area contributed by atoms with Crippen molar-refractivity contribution in [2.75, 3.05) is 13.7 Å². The summed E-state index contributed by atoms with van der Waals surface area (Å²) >= 11 is 6.05. The third kappa shape index (κ3) is 3.87. The van der Waals surface area contributed by atoms with Crippen LogP contribution in [0.3, 0.4) is 0 Å². The van der Waals surface area contributed by atoms with Crippen LogP contribution in [0.15, 0.2) is 18.2 Å². The number of ether oxygens (including phenoxy) is 1. The van der Waals surface area contributed by atoms with Crippen molar-refractivity contribution in [3.63, 3.8) is 0 Å². The molecule has 1 aromatic carbocycles. The first-order valence-corrected chi connectivity index (χ1v) is 7.72. The highest BCUT2D eigenvalue weighted by atomic mass is 35.5. The van der Waals surface area contributed by atoms with E-state index < -0.39 is 5.60 Å². The van der Waals surface area contributed by atoms with Gasteiger partial charge in [0.15, 0.2) is 0 Å². The largest absolute Gasteiger partial charge is 0.496 e. The number of halogens is 1. The predicted molar refractivity (Wildman–Crippen MR) is 82.6 cm³/mol. The molecule has 0 unspecified atom stereocenters. The second-order valence-corrected chi connectivity index (χ2v) is 6.13. The Hall–Kier alpha value is -0.770. The van der Waals surface area contributed by atoms with Gasteiger partial charge >= 0.3 is 0 Å². The van der Waals surface area contributed by atoms with E-state index in [1.165, 1.54) is 0 Å². The second kappa shape index (κ2) is 6.79. The van der Waals surface area contributed by atoms with E-state index in [0.29, 0.717) is 17.5 Å². The Morgan fingerprint density at radius 3 is 2.70 bits per heavy atom. The summed E-state index contributed by atoms with van der Waals surface area (Å²) in [6, 6.07) is 6.12. The molecule has 0 radical (unpaired) electrons. The van der Waals surface area contributed by atoms with Gasteiger partial charge in [-0.15, -0.1) is 0 Å². The van der Waals surface area contributed by atoms with Crippen LogP contribution in [0.2, 0.25) is 5.02 Å². The van der Waals surface area contributed by atoms with E-state index in [1.54, 1.807) is 7.11 Å². The van der Waals surface area contributed by atoms with Gasteiger partial charge in [0.25, 0.3) is 0 Å². The van der Waals surface area contributed by atoms with Gasteiger partial charge in [-0.05, 0) is 56.0 Å². The molecule has 0 heterocycles. The molecule has 2 rings (SSSR count). The maximum absolute atomic E-state index is 10.8. The van der Waals surface area contributed by atoms with Crippen molar-refractivity contribution in [3.8, 4) is 5.75 Å². The van der Waals surface area contributed by atoms with Gasteiger partial charge in [-0.25, -0.2) is 0 Å². The van der Waals surface area contributed by atoms with Crippen molar-refractivity contribution in [2.45, 2.75) is 50.7 Å². The van der Waals surface area contributed by atoms with E-state index >= 15 is 0 Å². The first-order chi connectivity index (χ1) is 9.56. The van der Waals surface area contributed by atoms with Crippen LogP contribution in [-0.2, 0) is 6.42 Å². The molecule has 0 saturated heterocycles. The first kappa shape index (κ1) is 15.6. The van der Waals surface area contributed by atoms with Gasteiger partial charge in [0.05, 0.1) is 12.7 Å². The molecule has 112 valence electrons. The van der Waals surface area contributed by atoms with Gasteiger partial charge in [-0.1, -0.05) is 18.5 Å². The fourth-order valence-corrected chi connectivity index (χ4v) is 3.26. The Morgan fingerprint density at radius 1 is 1.40 bits per heavy atom. The standard InChI is InChI=1S/C16H24ClNO2/c1-3-18-14-6-8-16(19,9-7-14)11-12-10-13(17)4-5-15(12)20-2/h4-5,10,14,18-19H,3,6-9,11H2,1-2H3. The fourth-order valence-electron chi connectivity index (χ4n) is 3.06. The van der Waals surface area contributed by atoms with E-state index in [0.717, 1.165) is 43.5 Å². The second-order valence-electron chi connectivity index (χ2n) is 5.69. The maximum atomic E-state index is 10.8. The van der Waals surface area contributed by atoms with Gasteiger partial charge in [0, 0.05) is 17.5 Å². The molecule has 4 heteroatoms. The molecule has 20 heavy (non-hydrogen) atoms. The van der Waals surface area contributed by atoms with Crippen LogP contribution in [0.1, 0.15) is 38.2 Å². The number of hydrogen-bond donors (Lipinski definition) is 2. The molecule has 0 spiro atoms. The lowest BCUT2D eigenvalue weighted by atomic mass is 9.78. The number of aliphatic hydroxyl groups is 1. The van der Waals surface area contributed by atoms with E-state index in [1.807, 2.05) is 18.2 Å².